The van der Waals surface area contributed by atoms with Crippen molar-refractivity contribution in [3.05, 3.63) is 54.1 Å². The van der Waals surface area contributed by atoms with E-state index in [0.717, 1.165) is 37.8 Å². The summed E-state index contributed by atoms with van der Waals surface area (Å²) in [6, 6.07) is 6.58. The van der Waals surface area contributed by atoms with E-state index in [2.05, 4.69) is 4.74 Å². The number of carbonyl (C=O) groups is 1. The monoisotopic (exact) mass is 365 g/mol. The van der Waals surface area contributed by atoms with Crippen molar-refractivity contribution >= 4 is 5.97 Å². The zero-order chi connectivity index (χ0) is 19.0. The Labute approximate surface area is 149 Å². The van der Waals surface area contributed by atoms with Gasteiger partial charge in [0, 0.05) is 6.08 Å². The molecule has 1 saturated carbocycles. The minimum absolute atomic E-state index is 0.184. The third kappa shape index (κ3) is 6.63. The normalized spacial score (nSPS) is 20.8. The molecule has 1 aromatic rings. The lowest BCUT2D eigenvalue weighted by molar-refractivity contribution is -0.274. The van der Waals surface area contributed by atoms with Crippen molar-refractivity contribution < 1.29 is 27.4 Å². The lowest BCUT2D eigenvalue weighted by atomic mass is 9.87. The molecule has 138 valence electrons. The number of rotatable bonds is 5. The first kappa shape index (κ1) is 19.6. The van der Waals surface area contributed by atoms with Gasteiger partial charge in [0.15, 0.2) is 0 Å². The third-order valence-electron chi connectivity index (χ3n) is 3.98. The van der Waals surface area contributed by atoms with Crippen LogP contribution in [0, 0.1) is 17.2 Å². The largest absolute Gasteiger partial charge is 0.573 e. The number of allylic oxidation sites excluding steroid dienone is 4. The molecule has 7 heteroatoms. The maximum absolute atomic E-state index is 12.1. The van der Waals surface area contributed by atoms with Gasteiger partial charge in [0.25, 0.3) is 0 Å². The second kappa shape index (κ2) is 9.09. The van der Waals surface area contributed by atoms with Gasteiger partial charge in [-0.1, -0.05) is 18.2 Å². The van der Waals surface area contributed by atoms with E-state index in [4.69, 9.17) is 10.00 Å². The summed E-state index contributed by atoms with van der Waals surface area (Å²) >= 11 is 0. The van der Waals surface area contributed by atoms with Crippen LogP contribution < -0.4 is 4.74 Å². The van der Waals surface area contributed by atoms with Crippen LogP contribution in [-0.2, 0) is 4.74 Å². The third-order valence-corrected chi connectivity index (χ3v) is 3.98. The number of esters is 1. The molecule has 2 rings (SSSR count). The first-order valence-corrected chi connectivity index (χ1v) is 8.17. The summed E-state index contributed by atoms with van der Waals surface area (Å²) in [6.45, 7) is 0. The number of alkyl halides is 3. The smallest absolute Gasteiger partial charge is 0.459 e. The molecule has 4 nitrogen and oxygen atoms in total. The minimum atomic E-state index is -4.76. The fourth-order valence-corrected chi connectivity index (χ4v) is 2.73. The van der Waals surface area contributed by atoms with Gasteiger partial charge in [-0.15, -0.1) is 13.2 Å². The van der Waals surface area contributed by atoms with E-state index in [1.807, 2.05) is 18.2 Å². The highest BCUT2D eigenvalue weighted by Crippen LogP contribution is 2.28. The van der Waals surface area contributed by atoms with E-state index in [0.29, 0.717) is 5.92 Å². The Morgan fingerprint density at radius 2 is 1.77 bits per heavy atom. The number of hydrogen-bond donors (Lipinski definition) is 0. The molecule has 0 aliphatic heterocycles. The first-order chi connectivity index (χ1) is 12.4. The zero-order valence-corrected chi connectivity index (χ0v) is 13.9. The summed E-state index contributed by atoms with van der Waals surface area (Å²) in [5.74, 6) is -0.557. The van der Waals surface area contributed by atoms with Gasteiger partial charge in [-0.25, -0.2) is 4.79 Å². The van der Waals surface area contributed by atoms with E-state index in [9.17, 15) is 18.0 Å². The SMILES string of the molecule is N#CC=CC=CC1CCC(OC(=O)c2ccc(OC(F)(F)F)cc2)CC1. The highest BCUT2D eigenvalue weighted by atomic mass is 19.4. The molecule has 0 saturated heterocycles. The highest BCUT2D eigenvalue weighted by molar-refractivity contribution is 5.89. The van der Waals surface area contributed by atoms with Crippen molar-refractivity contribution in [2.24, 2.45) is 5.92 Å². The second-order valence-corrected chi connectivity index (χ2v) is 5.89. The molecule has 0 atom stereocenters. The van der Waals surface area contributed by atoms with Gasteiger partial charge < -0.3 is 9.47 Å². The standard InChI is InChI=1S/C19H18F3NO3/c20-19(21,22)26-17-11-7-15(8-12-17)18(24)25-16-9-5-14(6-10-16)4-2-1-3-13-23/h1-4,7-8,11-12,14,16H,5-6,9-10H2. The summed E-state index contributed by atoms with van der Waals surface area (Å²) in [4.78, 5) is 12.1. The number of nitrogens with zero attached hydrogens (tertiary/aromatic N) is 1. The molecule has 1 aliphatic carbocycles. The zero-order valence-electron chi connectivity index (χ0n) is 13.9. The van der Waals surface area contributed by atoms with Crippen LogP contribution in [0.15, 0.2) is 48.6 Å². The van der Waals surface area contributed by atoms with E-state index in [1.54, 1.807) is 6.08 Å². The fourth-order valence-electron chi connectivity index (χ4n) is 2.73. The Morgan fingerprint density at radius 1 is 1.12 bits per heavy atom. The number of benzene rings is 1. The predicted octanol–water partition coefficient (Wildman–Crippen LogP) is 4.94. The number of hydrogen-bond acceptors (Lipinski definition) is 4. The molecule has 0 radical (unpaired) electrons. The highest BCUT2D eigenvalue weighted by Gasteiger charge is 2.31. The molecule has 1 fully saturated rings. The van der Waals surface area contributed by atoms with Crippen LogP contribution in [0.2, 0.25) is 0 Å². The summed E-state index contributed by atoms with van der Waals surface area (Å²) in [5.41, 5.74) is 0.184. The number of carbonyl (C=O) groups excluding carboxylic acids is 1. The van der Waals surface area contributed by atoms with Crippen LogP contribution in [0.5, 0.6) is 5.75 Å². The number of ether oxygens (including phenoxy) is 2. The van der Waals surface area contributed by atoms with E-state index >= 15 is 0 Å². The molecule has 0 unspecified atom stereocenters. The minimum Gasteiger partial charge on any atom is -0.459 e. The Morgan fingerprint density at radius 3 is 2.35 bits per heavy atom. The van der Waals surface area contributed by atoms with Crippen LogP contribution in [0.3, 0.4) is 0 Å². The Bertz CT molecular complexity index is 694. The Kier molecular flexibility index (Phi) is 6.84. The van der Waals surface area contributed by atoms with Gasteiger partial charge in [0.05, 0.1) is 11.6 Å². The first-order valence-electron chi connectivity index (χ1n) is 8.17. The number of halogens is 3. The van der Waals surface area contributed by atoms with Gasteiger partial charge in [0.1, 0.15) is 11.9 Å². The molecule has 0 spiro atoms. The van der Waals surface area contributed by atoms with Crippen LogP contribution in [0.1, 0.15) is 36.0 Å². The van der Waals surface area contributed by atoms with Crippen LogP contribution in [0.4, 0.5) is 13.2 Å². The van der Waals surface area contributed by atoms with Gasteiger partial charge in [-0.05, 0) is 55.9 Å². The average Bonchev–Trinajstić information content (AvgIpc) is 2.59. The number of nitriles is 1. The second-order valence-electron chi connectivity index (χ2n) is 5.89. The summed E-state index contributed by atoms with van der Waals surface area (Å²) in [7, 11) is 0. The average molecular weight is 365 g/mol. The molecule has 0 N–H and O–H groups in total. The van der Waals surface area contributed by atoms with Crippen molar-refractivity contribution in [3.63, 3.8) is 0 Å². The summed E-state index contributed by atoms with van der Waals surface area (Å²) in [5, 5.41) is 8.40. The topological polar surface area (TPSA) is 59.3 Å². The molecule has 0 amide bonds. The van der Waals surface area contributed by atoms with Crippen molar-refractivity contribution in [2.45, 2.75) is 38.1 Å². The molecule has 0 heterocycles. The van der Waals surface area contributed by atoms with Crippen molar-refractivity contribution in [3.8, 4) is 11.8 Å². The van der Waals surface area contributed by atoms with Gasteiger partial charge in [-0.3, -0.25) is 0 Å². The molecule has 26 heavy (non-hydrogen) atoms. The quantitative estimate of drug-likeness (QED) is 0.421. The van der Waals surface area contributed by atoms with E-state index < -0.39 is 12.3 Å². The summed E-state index contributed by atoms with van der Waals surface area (Å²) in [6.07, 6.45) is 5.16. The molecule has 0 bridgehead atoms. The maximum atomic E-state index is 12.1. The van der Waals surface area contributed by atoms with E-state index in [1.165, 1.54) is 18.2 Å². The van der Waals surface area contributed by atoms with Gasteiger partial charge in [0.2, 0.25) is 0 Å². The molecule has 1 aromatic carbocycles. The van der Waals surface area contributed by atoms with Gasteiger partial charge >= 0.3 is 12.3 Å². The molecular formula is C19H18F3NO3. The van der Waals surface area contributed by atoms with Crippen LogP contribution >= 0.6 is 0 Å². The molecular weight excluding hydrogens is 347 g/mol. The lowest BCUT2D eigenvalue weighted by Gasteiger charge is -2.26. The van der Waals surface area contributed by atoms with Crippen LogP contribution in [-0.4, -0.2) is 18.4 Å². The fraction of sp³-hybridized carbons (Fsp3) is 0.368. The summed E-state index contributed by atoms with van der Waals surface area (Å²) < 4.78 is 45.6. The van der Waals surface area contributed by atoms with E-state index in [-0.39, 0.29) is 17.4 Å². The van der Waals surface area contributed by atoms with Crippen molar-refractivity contribution in [1.29, 1.82) is 5.26 Å². The molecule has 0 aromatic heterocycles. The lowest BCUT2D eigenvalue weighted by Crippen LogP contribution is -2.24. The van der Waals surface area contributed by atoms with Crippen LogP contribution in [0.25, 0.3) is 0 Å². The Balaban J connectivity index is 1.81. The van der Waals surface area contributed by atoms with Crippen molar-refractivity contribution in [1.82, 2.24) is 0 Å². The Hall–Kier alpha value is -2.75. The maximum Gasteiger partial charge on any atom is 0.573 e. The van der Waals surface area contributed by atoms with Crippen molar-refractivity contribution in [2.75, 3.05) is 0 Å². The van der Waals surface area contributed by atoms with Gasteiger partial charge in [-0.2, -0.15) is 5.26 Å². The predicted molar refractivity (Wildman–Crippen MR) is 88.2 cm³/mol. The molecule has 1 aliphatic rings.